The van der Waals surface area contributed by atoms with Crippen LogP contribution in [0.2, 0.25) is 0 Å². The SMILES string of the molecule is COc1nccc2c(S(N)(=O)=O)cc(NC(=O)Cc3ccccc3C#N)cc12. The summed E-state index contributed by atoms with van der Waals surface area (Å²) in [4.78, 5) is 16.4. The number of amides is 1. The van der Waals surface area contributed by atoms with E-state index in [0.717, 1.165) is 0 Å². The molecule has 3 N–H and O–H groups in total. The summed E-state index contributed by atoms with van der Waals surface area (Å²) in [5.41, 5.74) is 1.18. The van der Waals surface area contributed by atoms with Crippen molar-refractivity contribution in [3.63, 3.8) is 0 Å². The quantitative estimate of drug-likeness (QED) is 0.676. The number of fused-ring (bicyclic) bond motifs is 1. The molecule has 8 nitrogen and oxygen atoms in total. The predicted octanol–water partition coefficient (Wildman–Crippen LogP) is 1.94. The van der Waals surface area contributed by atoms with Gasteiger partial charge in [-0.3, -0.25) is 4.79 Å². The van der Waals surface area contributed by atoms with Crippen molar-refractivity contribution in [1.29, 1.82) is 5.26 Å². The van der Waals surface area contributed by atoms with Crippen LogP contribution in [0.4, 0.5) is 5.69 Å². The number of methoxy groups -OCH3 is 1. The van der Waals surface area contributed by atoms with Gasteiger partial charge in [-0.1, -0.05) is 18.2 Å². The number of primary sulfonamides is 1. The van der Waals surface area contributed by atoms with Crippen molar-refractivity contribution in [3.8, 4) is 11.9 Å². The molecule has 0 bridgehead atoms. The number of pyridine rings is 1. The van der Waals surface area contributed by atoms with E-state index in [4.69, 9.17) is 15.1 Å². The van der Waals surface area contributed by atoms with Gasteiger partial charge in [-0.15, -0.1) is 0 Å². The number of sulfonamides is 1. The second-order valence-corrected chi connectivity index (χ2v) is 7.46. The van der Waals surface area contributed by atoms with Crippen LogP contribution in [0.3, 0.4) is 0 Å². The van der Waals surface area contributed by atoms with E-state index in [0.29, 0.717) is 21.9 Å². The molecule has 0 atom stereocenters. The fourth-order valence-electron chi connectivity index (χ4n) is 2.86. The highest BCUT2D eigenvalue weighted by Gasteiger charge is 2.18. The summed E-state index contributed by atoms with van der Waals surface area (Å²) in [6, 6.07) is 13.1. The number of hydrogen-bond acceptors (Lipinski definition) is 6. The third-order valence-electron chi connectivity index (χ3n) is 4.08. The summed E-state index contributed by atoms with van der Waals surface area (Å²) in [6.07, 6.45) is 1.36. The van der Waals surface area contributed by atoms with E-state index in [2.05, 4.69) is 10.3 Å². The molecule has 142 valence electrons. The molecule has 0 spiro atoms. The maximum absolute atomic E-state index is 12.5. The first-order valence-electron chi connectivity index (χ1n) is 8.11. The molecular weight excluding hydrogens is 380 g/mol. The molecule has 28 heavy (non-hydrogen) atoms. The van der Waals surface area contributed by atoms with Gasteiger partial charge in [0.05, 0.1) is 30.1 Å². The van der Waals surface area contributed by atoms with Crippen molar-refractivity contribution in [2.24, 2.45) is 5.14 Å². The number of rotatable bonds is 5. The first kappa shape index (κ1) is 19.3. The van der Waals surface area contributed by atoms with Crippen molar-refractivity contribution in [2.45, 2.75) is 11.3 Å². The van der Waals surface area contributed by atoms with E-state index >= 15 is 0 Å². The topological polar surface area (TPSA) is 135 Å². The summed E-state index contributed by atoms with van der Waals surface area (Å²) < 4.78 is 29.2. The van der Waals surface area contributed by atoms with E-state index in [1.807, 2.05) is 6.07 Å². The number of hydrogen-bond donors (Lipinski definition) is 2. The minimum atomic E-state index is -4.06. The summed E-state index contributed by atoms with van der Waals surface area (Å²) in [5, 5.41) is 17.9. The average Bonchev–Trinajstić information content (AvgIpc) is 2.66. The van der Waals surface area contributed by atoms with Crippen molar-refractivity contribution < 1.29 is 17.9 Å². The lowest BCUT2D eigenvalue weighted by atomic mass is 10.1. The number of carbonyl (C=O) groups is 1. The van der Waals surface area contributed by atoms with Gasteiger partial charge in [0.1, 0.15) is 0 Å². The number of nitrogens with one attached hydrogen (secondary N) is 1. The Morgan fingerprint density at radius 1 is 1.25 bits per heavy atom. The second kappa shape index (κ2) is 7.64. The number of nitriles is 1. The lowest BCUT2D eigenvalue weighted by Gasteiger charge is -2.12. The molecule has 0 aliphatic rings. The van der Waals surface area contributed by atoms with Crippen LogP contribution in [0.1, 0.15) is 11.1 Å². The standard InChI is InChI=1S/C19H16N4O4S/c1-27-19-16-9-14(10-17(28(21,25)26)15(16)6-7-22-19)23-18(24)8-12-4-2-3-5-13(12)11-20/h2-7,9-10H,8H2,1H3,(H,23,24)(H2,21,25,26). The molecule has 3 rings (SSSR count). The number of aromatic nitrogens is 1. The second-order valence-electron chi connectivity index (χ2n) is 5.93. The van der Waals surface area contributed by atoms with Crippen molar-refractivity contribution in [1.82, 2.24) is 4.98 Å². The Morgan fingerprint density at radius 2 is 2.00 bits per heavy atom. The predicted molar refractivity (Wildman–Crippen MR) is 103 cm³/mol. The fraction of sp³-hybridized carbons (Fsp3) is 0.105. The van der Waals surface area contributed by atoms with Gasteiger partial charge in [0.15, 0.2) is 0 Å². The van der Waals surface area contributed by atoms with Crippen LogP contribution in [-0.2, 0) is 21.2 Å². The number of anilines is 1. The van der Waals surface area contributed by atoms with Crippen molar-refractivity contribution >= 4 is 32.4 Å². The van der Waals surface area contributed by atoms with Crippen LogP contribution in [0.5, 0.6) is 5.88 Å². The zero-order valence-electron chi connectivity index (χ0n) is 14.8. The van der Waals surface area contributed by atoms with Gasteiger partial charge in [0.2, 0.25) is 21.8 Å². The zero-order valence-corrected chi connectivity index (χ0v) is 15.7. The van der Waals surface area contributed by atoms with E-state index < -0.39 is 15.9 Å². The lowest BCUT2D eigenvalue weighted by molar-refractivity contribution is -0.115. The minimum Gasteiger partial charge on any atom is -0.481 e. The van der Waals surface area contributed by atoms with Crippen LogP contribution < -0.4 is 15.2 Å². The van der Waals surface area contributed by atoms with Crippen molar-refractivity contribution in [3.05, 3.63) is 59.8 Å². The number of benzene rings is 2. The van der Waals surface area contributed by atoms with Gasteiger partial charge in [-0.05, 0) is 29.8 Å². The lowest BCUT2D eigenvalue weighted by Crippen LogP contribution is -2.17. The first-order chi connectivity index (χ1) is 13.3. The van der Waals surface area contributed by atoms with Crippen LogP contribution in [0.25, 0.3) is 10.8 Å². The summed E-state index contributed by atoms with van der Waals surface area (Å²) >= 11 is 0. The number of nitrogens with two attached hydrogens (primary N) is 1. The van der Waals surface area contributed by atoms with Crippen molar-refractivity contribution in [2.75, 3.05) is 12.4 Å². The smallest absolute Gasteiger partial charge is 0.238 e. The van der Waals surface area contributed by atoms with Gasteiger partial charge in [0.25, 0.3) is 0 Å². The molecule has 0 fully saturated rings. The maximum atomic E-state index is 12.5. The molecule has 0 saturated carbocycles. The maximum Gasteiger partial charge on any atom is 0.238 e. The van der Waals surface area contributed by atoms with E-state index in [-0.39, 0.29) is 22.9 Å². The molecule has 0 aliphatic heterocycles. The Morgan fingerprint density at radius 3 is 2.68 bits per heavy atom. The highest BCUT2D eigenvalue weighted by Crippen LogP contribution is 2.31. The minimum absolute atomic E-state index is 0.0450. The molecule has 3 aromatic rings. The Balaban J connectivity index is 2.01. The molecule has 1 amide bonds. The van der Waals surface area contributed by atoms with Crippen LogP contribution in [0.15, 0.2) is 53.6 Å². The van der Waals surface area contributed by atoms with E-state index in [9.17, 15) is 13.2 Å². The third-order valence-corrected chi connectivity index (χ3v) is 5.03. The molecule has 1 heterocycles. The van der Waals surface area contributed by atoms with E-state index in [1.54, 1.807) is 30.3 Å². The first-order valence-corrected chi connectivity index (χ1v) is 9.65. The highest BCUT2D eigenvalue weighted by atomic mass is 32.2. The zero-order chi connectivity index (χ0) is 20.3. The molecule has 1 aromatic heterocycles. The Hall–Kier alpha value is -3.48. The van der Waals surface area contributed by atoms with Gasteiger partial charge in [-0.2, -0.15) is 5.26 Å². The monoisotopic (exact) mass is 396 g/mol. The van der Waals surface area contributed by atoms with Gasteiger partial charge < -0.3 is 10.1 Å². The largest absolute Gasteiger partial charge is 0.481 e. The average molecular weight is 396 g/mol. The molecule has 0 unspecified atom stereocenters. The third kappa shape index (κ3) is 3.93. The van der Waals surface area contributed by atoms with Crippen LogP contribution in [-0.4, -0.2) is 26.4 Å². The number of nitrogens with zero attached hydrogens (tertiary/aromatic N) is 2. The summed E-state index contributed by atoms with van der Waals surface area (Å²) in [6.45, 7) is 0. The highest BCUT2D eigenvalue weighted by molar-refractivity contribution is 7.89. The van der Waals surface area contributed by atoms with Crippen LogP contribution >= 0.6 is 0 Å². The normalized spacial score (nSPS) is 11.0. The summed E-state index contributed by atoms with van der Waals surface area (Å²) in [7, 11) is -2.65. The Labute approximate surface area is 161 Å². The van der Waals surface area contributed by atoms with Gasteiger partial charge in [-0.25, -0.2) is 18.5 Å². The van der Waals surface area contributed by atoms with E-state index in [1.165, 1.54) is 25.4 Å². The fourth-order valence-corrected chi connectivity index (χ4v) is 3.63. The number of carbonyl (C=O) groups excluding carboxylic acids is 1. The molecular formula is C19H16N4O4S. The number of ether oxygens (including phenoxy) is 1. The van der Waals surface area contributed by atoms with Crippen LogP contribution in [0, 0.1) is 11.3 Å². The molecule has 2 aromatic carbocycles. The van der Waals surface area contributed by atoms with Gasteiger partial charge >= 0.3 is 0 Å². The molecule has 0 aliphatic carbocycles. The Bertz CT molecular complexity index is 1220. The molecule has 0 saturated heterocycles. The Kier molecular flexibility index (Phi) is 5.26. The molecule has 0 radical (unpaired) electrons. The van der Waals surface area contributed by atoms with Gasteiger partial charge in [0, 0.05) is 22.7 Å². The summed E-state index contributed by atoms with van der Waals surface area (Å²) in [5.74, 6) is -0.210. The molecule has 9 heteroatoms.